The molecule has 2 atom stereocenters. The minimum absolute atomic E-state index is 0.0430. The molecule has 9 nitrogen and oxygen atoms in total. The molecule has 0 radical (unpaired) electrons. The predicted molar refractivity (Wildman–Crippen MR) is 222 cm³/mol. The van der Waals surface area contributed by atoms with Gasteiger partial charge >= 0.3 is 11.9 Å². The molecule has 312 valence electrons. The summed E-state index contributed by atoms with van der Waals surface area (Å²) in [7, 11) is 1.12. The van der Waals surface area contributed by atoms with E-state index >= 15 is 0 Å². The van der Waals surface area contributed by atoms with Crippen molar-refractivity contribution in [2.24, 2.45) is 0 Å². The largest absolute Gasteiger partial charge is 0.756 e. The summed E-state index contributed by atoms with van der Waals surface area (Å²) in [6, 6.07) is 0. The molecule has 0 aromatic carbocycles. The third-order valence-electron chi connectivity index (χ3n) is 8.63. The number of ether oxygens (including phenoxy) is 2. The maximum absolute atomic E-state index is 12.6. The minimum Gasteiger partial charge on any atom is -0.756 e. The van der Waals surface area contributed by atoms with Crippen LogP contribution in [0.5, 0.6) is 0 Å². The zero-order chi connectivity index (χ0) is 40.0. The number of likely N-dealkylation sites (N-methyl/N-ethyl adjacent to an activating group) is 1. The summed E-state index contributed by atoms with van der Waals surface area (Å²) in [4.78, 5) is 37.4. The molecule has 0 aliphatic carbocycles. The van der Waals surface area contributed by atoms with Crippen LogP contribution in [0.15, 0.2) is 60.8 Å². The molecule has 0 saturated carbocycles. The Kier molecular flexibility index (Phi) is 34.8. The van der Waals surface area contributed by atoms with Crippen molar-refractivity contribution in [2.75, 3.05) is 47.5 Å². The van der Waals surface area contributed by atoms with E-state index in [-0.39, 0.29) is 26.1 Å². The second-order valence-corrected chi connectivity index (χ2v) is 16.5. The third-order valence-corrected chi connectivity index (χ3v) is 9.59. The number of phosphoric acid groups is 1. The first kappa shape index (κ1) is 51.7. The fourth-order valence-electron chi connectivity index (χ4n) is 5.33. The molecule has 0 fully saturated rings. The van der Waals surface area contributed by atoms with Gasteiger partial charge in [0.25, 0.3) is 7.82 Å². The lowest BCUT2D eigenvalue weighted by molar-refractivity contribution is -0.870. The molecule has 0 aliphatic rings. The van der Waals surface area contributed by atoms with Crippen LogP contribution in [0.25, 0.3) is 0 Å². The predicted octanol–water partition coefficient (Wildman–Crippen LogP) is 11.1. The number of carbonyl (C=O) groups is 2. The fraction of sp³-hybridized carbons (Fsp3) is 0.727. The van der Waals surface area contributed by atoms with Crippen LogP contribution in [0.1, 0.15) is 155 Å². The maximum Gasteiger partial charge on any atom is 0.306 e. The quantitative estimate of drug-likeness (QED) is 0.0153. The number of hydrogen-bond donors (Lipinski definition) is 0. The van der Waals surface area contributed by atoms with Crippen LogP contribution in [0.4, 0.5) is 0 Å². The van der Waals surface area contributed by atoms with Crippen molar-refractivity contribution in [1.82, 2.24) is 0 Å². The summed E-state index contributed by atoms with van der Waals surface area (Å²) in [6.45, 7) is 4.00. The van der Waals surface area contributed by atoms with E-state index in [4.69, 9.17) is 18.5 Å². The van der Waals surface area contributed by atoms with Gasteiger partial charge in [0.2, 0.25) is 0 Å². The Bertz CT molecular complexity index is 1110. The van der Waals surface area contributed by atoms with Crippen molar-refractivity contribution in [3.63, 3.8) is 0 Å². The highest BCUT2D eigenvalue weighted by Gasteiger charge is 2.21. The molecule has 0 aromatic heterocycles. The van der Waals surface area contributed by atoms with E-state index in [0.29, 0.717) is 23.9 Å². The SMILES string of the molecule is CC/C=C/C=C/C=C/C=C/CCCCCCCC(=O)O[C@H](COC(=O)CC/C=C/CCCCCCCCCCCCC)COP(=O)([O-])OCC[N+](C)(C)C. The summed E-state index contributed by atoms with van der Waals surface area (Å²) in [6.07, 6.45) is 42.6. The first-order valence-corrected chi connectivity index (χ1v) is 22.5. The van der Waals surface area contributed by atoms with Crippen LogP contribution in [0.2, 0.25) is 0 Å². The molecule has 54 heavy (non-hydrogen) atoms. The Morgan fingerprint density at radius 3 is 1.70 bits per heavy atom. The highest BCUT2D eigenvalue weighted by Crippen LogP contribution is 2.38. The van der Waals surface area contributed by atoms with Crippen LogP contribution in [0, 0.1) is 0 Å². The molecular formula is C44H78NO8P. The molecular weight excluding hydrogens is 701 g/mol. The monoisotopic (exact) mass is 780 g/mol. The van der Waals surface area contributed by atoms with Gasteiger partial charge in [0, 0.05) is 12.8 Å². The lowest BCUT2D eigenvalue weighted by atomic mass is 10.1. The molecule has 0 aliphatic heterocycles. The van der Waals surface area contributed by atoms with Gasteiger partial charge in [0.1, 0.15) is 19.8 Å². The first-order chi connectivity index (χ1) is 26.0. The average Bonchev–Trinajstić information content (AvgIpc) is 3.12. The molecule has 0 aromatic rings. The van der Waals surface area contributed by atoms with Crippen LogP contribution < -0.4 is 4.89 Å². The summed E-state index contributed by atoms with van der Waals surface area (Å²) in [5, 5.41) is 0. The Morgan fingerprint density at radius 1 is 0.593 bits per heavy atom. The van der Waals surface area contributed by atoms with E-state index < -0.39 is 32.5 Å². The summed E-state index contributed by atoms with van der Waals surface area (Å²) < 4.78 is 33.8. The molecule has 0 rings (SSSR count). The number of nitrogens with zero attached hydrogens (tertiary/aromatic N) is 1. The van der Waals surface area contributed by atoms with Crippen molar-refractivity contribution in [2.45, 2.75) is 161 Å². The van der Waals surface area contributed by atoms with Gasteiger partial charge in [-0.3, -0.25) is 14.2 Å². The Balaban J connectivity index is 4.48. The molecule has 1 unspecified atom stereocenters. The minimum atomic E-state index is -4.64. The van der Waals surface area contributed by atoms with Crippen molar-refractivity contribution >= 4 is 19.8 Å². The third kappa shape index (κ3) is 39.4. The Morgan fingerprint density at radius 2 is 1.11 bits per heavy atom. The van der Waals surface area contributed by atoms with E-state index in [1.165, 1.54) is 64.2 Å². The molecule has 0 N–H and O–H groups in total. The zero-order valence-electron chi connectivity index (χ0n) is 34.9. The van der Waals surface area contributed by atoms with E-state index in [9.17, 15) is 19.0 Å². The van der Waals surface area contributed by atoms with Gasteiger partial charge in [-0.15, -0.1) is 0 Å². The molecule has 0 spiro atoms. The van der Waals surface area contributed by atoms with Crippen molar-refractivity contribution in [3.8, 4) is 0 Å². The summed E-state index contributed by atoms with van der Waals surface area (Å²) in [5.41, 5.74) is 0. The standard InChI is InChI=1S/C44H78NO8P/c1-6-8-10-12-14-16-18-20-22-24-26-28-30-32-34-36-43(46)50-40-42(41-52-54(48,49)51-39-38-45(3,4)5)53-44(47)37-35-33-31-29-27-25-23-21-19-17-15-13-11-9-7-2/h9,11,13,15,17,19,21,23,30,32,42H,6-8,10,12,14,16,18,20,22,24-29,31,33-41H2,1-5H3/b11-9+,15-13+,19-17+,23-21+,32-30+/t42-/m1/s1. The number of unbranched alkanes of at least 4 members (excludes halogenated alkanes) is 16. The lowest BCUT2D eigenvalue weighted by Crippen LogP contribution is -2.37. The molecule has 0 bridgehead atoms. The zero-order valence-corrected chi connectivity index (χ0v) is 35.8. The number of allylic oxidation sites excluding steroid dienone is 10. The number of esters is 2. The van der Waals surface area contributed by atoms with Crippen LogP contribution in [0.3, 0.4) is 0 Å². The van der Waals surface area contributed by atoms with Gasteiger partial charge < -0.3 is 27.9 Å². The normalized spacial score (nSPS) is 14.3. The van der Waals surface area contributed by atoms with Crippen molar-refractivity contribution in [3.05, 3.63) is 60.8 Å². The smallest absolute Gasteiger partial charge is 0.306 e. The Hall–Kier alpha value is -2.29. The van der Waals surface area contributed by atoms with Crippen molar-refractivity contribution < 1.29 is 42.1 Å². The number of phosphoric ester groups is 1. The molecule has 0 saturated heterocycles. The summed E-state index contributed by atoms with van der Waals surface area (Å²) in [5.74, 6) is -0.923. The van der Waals surface area contributed by atoms with E-state index in [0.717, 1.165) is 51.4 Å². The van der Waals surface area contributed by atoms with Gasteiger partial charge in [-0.1, -0.05) is 158 Å². The molecule has 0 heterocycles. The average molecular weight is 780 g/mol. The highest BCUT2D eigenvalue weighted by molar-refractivity contribution is 7.45. The van der Waals surface area contributed by atoms with Gasteiger partial charge in [0.15, 0.2) is 6.10 Å². The van der Waals surface area contributed by atoms with Crippen LogP contribution >= 0.6 is 7.82 Å². The highest BCUT2D eigenvalue weighted by atomic mass is 31.2. The second-order valence-electron chi connectivity index (χ2n) is 15.1. The van der Waals surface area contributed by atoms with E-state index in [1.54, 1.807) is 0 Å². The van der Waals surface area contributed by atoms with Gasteiger partial charge in [-0.2, -0.15) is 0 Å². The van der Waals surface area contributed by atoms with E-state index in [2.05, 4.69) is 38.2 Å². The number of carbonyl (C=O) groups excluding carboxylic acids is 2. The topological polar surface area (TPSA) is 111 Å². The van der Waals surface area contributed by atoms with Crippen molar-refractivity contribution in [1.29, 1.82) is 0 Å². The lowest BCUT2D eigenvalue weighted by Gasteiger charge is -2.28. The number of hydrogen-bond acceptors (Lipinski definition) is 8. The van der Waals surface area contributed by atoms with Gasteiger partial charge in [-0.05, 0) is 44.9 Å². The van der Waals surface area contributed by atoms with Gasteiger partial charge in [0.05, 0.1) is 27.7 Å². The number of rotatable bonds is 37. The van der Waals surface area contributed by atoms with E-state index in [1.807, 2.05) is 57.6 Å². The maximum atomic E-state index is 12.6. The fourth-order valence-corrected chi connectivity index (χ4v) is 6.06. The number of quaternary nitrogens is 1. The summed E-state index contributed by atoms with van der Waals surface area (Å²) >= 11 is 0. The van der Waals surface area contributed by atoms with Crippen LogP contribution in [-0.2, 0) is 32.7 Å². The Labute approximate surface area is 330 Å². The second kappa shape index (κ2) is 36.4. The van der Waals surface area contributed by atoms with Gasteiger partial charge in [-0.25, -0.2) is 0 Å². The van der Waals surface area contributed by atoms with Crippen LogP contribution in [-0.4, -0.2) is 70.0 Å². The molecule has 10 heteroatoms. The molecule has 0 amide bonds. The first-order valence-electron chi connectivity index (χ1n) is 21.0.